The summed E-state index contributed by atoms with van der Waals surface area (Å²) >= 11 is 0. The maximum Gasteiger partial charge on any atom is 0.198 e. The fourth-order valence-electron chi connectivity index (χ4n) is 2.80. The summed E-state index contributed by atoms with van der Waals surface area (Å²) in [7, 11) is 0. The smallest absolute Gasteiger partial charge is 0.198 e. The molecule has 3 aliphatic rings. The van der Waals surface area contributed by atoms with Gasteiger partial charge in [0.1, 0.15) is 5.75 Å². The van der Waals surface area contributed by atoms with Crippen LogP contribution in [0.4, 0.5) is 0 Å². The van der Waals surface area contributed by atoms with Crippen molar-refractivity contribution < 1.29 is 20.5 Å². The van der Waals surface area contributed by atoms with Crippen LogP contribution in [0.5, 0.6) is 5.75 Å². The first-order valence-corrected chi connectivity index (χ1v) is 7.68. The molecule has 0 unspecified atom stereocenters. The van der Waals surface area contributed by atoms with Gasteiger partial charge in [-0.25, -0.2) is 4.73 Å². The van der Waals surface area contributed by atoms with Crippen molar-refractivity contribution in [3.8, 4) is 16.9 Å². The van der Waals surface area contributed by atoms with E-state index >= 15 is 0 Å². The van der Waals surface area contributed by atoms with Gasteiger partial charge in [-0.05, 0) is 18.2 Å². The van der Waals surface area contributed by atoms with Crippen molar-refractivity contribution in [1.82, 2.24) is 4.73 Å². The monoisotopic (exact) mass is 343 g/mol. The summed E-state index contributed by atoms with van der Waals surface area (Å²) in [5.74, 6) is -0.150. The zero-order valence-corrected chi connectivity index (χ0v) is 13.3. The number of benzene rings is 1. The zero-order chi connectivity index (χ0) is 18.0. The Balaban J connectivity index is 2.38. The molecule has 0 fully saturated rings. The van der Waals surface area contributed by atoms with Gasteiger partial charge in [-0.1, -0.05) is 0 Å². The minimum atomic E-state index is -0.413. The van der Waals surface area contributed by atoms with E-state index in [-0.39, 0.29) is 54.3 Å². The second-order valence-electron chi connectivity index (χ2n) is 5.39. The molecule has 8 heteroatoms. The van der Waals surface area contributed by atoms with Crippen LogP contribution in [0.25, 0.3) is 11.1 Å². The second kappa shape index (κ2) is 6.88. The molecule has 2 aliphatic carbocycles. The summed E-state index contributed by atoms with van der Waals surface area (Å²) in [6.07, 6.45) is 5.70. The highest BCUT2D eigenvalue weighted by atomic mass is 16.5. The lowest BCUT2D eigenvalue weighted by Crippen LogP contribution is -2.26. The Hall–Kier alpha value is -2.97. The van der Waals surface area contributed by atoms with Gasteiger partial charge in [0.25, 0.3) is 0 Å². The number of aliphatic hydroxyl groups excluding tert-OH is 2. The summed E-state index contributed by atoms with van der Waals surface area (Å²) < 4.78 is 0.736. The molecule has 0 atom stereocenters. The number of rotatable bonds is 4. The third kappa shape index (κ3) is 2.92. The molecule has 8 nitrogen and oxygen atoms in total. The molecule has 0 aromatic rings. The number of hydrogen-bond acceptors (Lipinski definition) is 7. The van der Waals surface area contributed by atoms with Crippen molar-refractivity contribution in [3.63, 3.8) is 0 Å². The maximum absolute atomic E-state index is 13.0. The van der Waals surface area contributed by atoms with Crippen molar-refractivity contribution in [2.75, 3.05) is 26.3 Å². The van der Waals surface area contributed by atoms with Gasteiger partial charge in [0.15, 0.2) is 5.43 Å². The summed E-state index contributed by atoms with van der Waals surface area (Å²) in [6, 6.07) is 1.43. The van der Waals surface area contributed by atoms with E-state index in [1.54, 1.807) is 12.2 Å². The number of allylic oxidation sites excluding steroid dienone is 2. The molecule has 0 saturated carbocycles. The Morgan fingerprint density at radius 3 is 2.16 bits per heavy atom. The predicted octanol–water partition coefficient (Wildman–Crippen LogP) is 0.0286. The topological polar surface area (TPSA) is 128 Å². The number of pyridine rings is 1. The van der Waals surface area contributed by atoms with E-state index in [0.717, 1.165) is 4.73 Å². The Bertz CT molecular complexity index is 927. The van der Waals surface area contributed by atoms with Crippen LogP contribution >= 0.6 is 0 Å². The van der Waals surface area contributed by atoms with Gasteiger partial charge < -0.3 is 20.5 Å². The van der Waals surface area contributed by atoms with Crippen LogP contribution in [-0.4, -0.2) is 63.0 Å². The molecule has 3 rings (SSSR count). The van der Waals surface area contributed by atoms with Crippen LogP contribution in [-0.2, 0) is 0 Å². The normalized spacial score (nSPS) is 16.7. The summed E-state index contributed by atoms with van der Waals surface area (Å²) in [5, 5.41) is 38.3. The van der Waals surface area contributed by atoms with Crippen LogP contribution in [0, 0.1) is 0 Å². The first-order chi connectivity index (χ1) is 12.1. The standard InChI is InChI=1S/C17H17N3O5/c21-7-4-18-12-1-2-13(19-5-8-22)15-14(12)16(23)10-3-6-20(25)9-11(10)17(15)24/h1-3,6,9,21-23,25H,4-5,7-8H2. The average Bonchev–Trinajstić information content (AvgIpc) is 2.62. The van der Waals surface area contributed by atoms with Gasteiger partial charge in [0.2, 0.25) is 0 Å². The minimum Gasteiger partial charge on any atom is -0.507 e. The zero-order valence-electron chi connectivity index (χ0n) is 13.3. The number of aromatic nitrogens is 1. The number of nitrogens with zero attached hydrogens (tertiary/aromatic N) is 3. The van der Waals surface area contributed by atoms with Crippen molar-refractivity contribution >= 4 is 11.4 Å². The SMILES string of the molecule is O=c1c2cn(O)ccc-2c(O)c2c1C(=NCCO)C=CC2=NCCO. The molecule has 0 bridgehead atoms. The molecular weight excluding hydrogens is 326 g/mol. The lowest BCUT2D eigenvalue weighted by Gasteiger charge is -2.20. The minimum absolute atomic E-state index is 0.106. The van der Waals surface area contributed by atoms with E-state index in [1.807, 2.05) is 0 Å². The number of phenolic OH excluding ortho intramolecular Hbond substituents is 1. The molecule has 0 spiro atoms. The molecule has 1 heterocycles. The van der Waals surface area contributed by atoms with Gasteiger partial charge in [-0.3, -0.25) is 14.8 Å². The average molecular weight is 343 g/mol. The largest absolute Gasteiger partial charge is 0.507 e. The molecular formula is C17H17N3O5. The number of hydrogen-bond donors (Lipinski definition) is 4. The van der Waals surface area contributed by atoms with E-state index in [0.29, 0.717) is 11.4 Å². The molecule has 0 aromatic heterocycles. The number of phenols is 1. The maximum atomic E-state index is 13.0. The second-order valence-corrected chi connectivity index (χ2v) is 5.39. The molecule has 0 saturated heterocycles. The van der Waals surface area contributed by atoms with E-state index in [4.69, 9.17) is 10.2 Å². The molecule has 130 valence electrons. The van der Waals surface area contributed by atoms with Crippen LogP contribution in [0.2, 0.25) is 0 Å². The van der Waals surface area contributed by atoms with E-state index in [2.05, 4.69) is 9.98 Å². The lowest BCUT2D eigenvalue weighted by molar-refractivity contribution is 0.184. The highest BCUT2D eigenvalue weighted by Gasteiger charge is 2.28. The number of aliphatic imine (C=N–C) groups is 2. The highest BCUT2D eigenvalue weighted by molar-refractivity contribution is 6.27. The fraction of sp³-hybridized carbons (Fsp3) is 0.235. The van der Waals surface area contributed by atoms with Gasteiger partial charge in [-0.15, -0.1) is 0 Å². The van der Waals surface area contributed by atoms with Crippen molar-refractivity contribution in [2.45, 2.75) is 0 Å². The third-order valence-electron chi connectivity index (χ3n) is 3.83. The van der Waals surface area contributed by atoms with Crippen LogP contribution < -0.4 is 5.43 Å². The van der Waals surface area contributed by atoms with E-state index < -0.39 is 5.43 Å². The Morgan fingerprint density at radius 1 is 0.960 bits per heavy atom. The summed E-state index contributed by atoms with van der Waals surface area (Å²) in [4.78, 5) is 21.3. The highest BCUT2D eigenvalue weighted by Crippen LogP contribution is 2.35. The third-order valence-corrected chi connectivity index (χ3v) is 3.83. The molecule has 0 radical (unpaired) electrons. The van der Waals surface area contributed by atoms with Gasteiger partial charge >= 0.3 is 0 Å². The Labute approximate surface area is 142 Å². The fourth-order valence-corrected chi connectivity index (χ4v) is 2.80. The molecule has 1 aliphatic heterocycles. The number of fused-ring (bicyclic) bond motifs is 2. The van der Waals surface area contributed by atoms with Crippen LogP contribution in [0.1, 0.15) is 11.1 Å². The van der Waals surface area contributed by atoms with Crippen LogP contribution in [0.3, 0.4) is 0 Å². The Kier molecular flexibility index (Phi) is 4.64. The first kappa shape index (κ1) is 16.9. The van der Waals surface area contributed by atoms with Crippen molar-refractivity contribution in [1.29, 1.82) is 0 Å². The first-order valence-electron chi connectivity index (χ1n) is 7.68. The summed E-state index contributed by atoms with van der Waals surface area (Å²) in [5.41, 5.74) is 1.08. The van der Waals surface area contributed by atoms with E-state index in [1.165, 1.54) is 18.5 Å². The van der Waals surface area contributed by atoms with Crippen molar-refractivity contribution in [3.05, 3.63) is 52.0 Å². The Morgan fingerprint density at radius 2 is 1.56 bits per heavy atom. The van der Waals surface area contributed by atoms with Gasteiger partial charge in [0, 0.05) is 11.8 Å². The quantitative estimate of drug-likeness (QED) is 0.582. The van der Waals surface area contributed by atoms with Gasteiger partial charge in [-0.2, -0.15) is 0 Å². The number of aliphatic hydroxyl groups is 2. The molecule has 0 aromatic carbocycles. The molecule has 25 heavy (non-hydrogen) atoms. The van der Waals surface area contributed by atoms with Crippen LogP contribution in [0.15, 0.2) is 45.4 Å². The van der Waals surface area contributed by atoms with E-state index in [9.17, 15) is 15.1 Å². The number of aromatic hydroxyl groups is 1. The predicted molar refractivity (Wildman–Crippen MR) is 92.3 cm³/mol. The lowest BCUT2D eigenvalue weighted by atomic mass is 9.86. The molecule has 4 N–H and O–H groups in total. The summed E-state index contributed by atoms with van der Waals surface area (Å²) in [6.45, 7) is -0.113. The van der Waals surface area contributed by atoms with Gasteiger partial charge in [0.05, 0.1) is 60.6 Å². The van der Waals surface area contributed by atoms with Crippen molar-refractivity contribution in [2.24, 2.45) is 9.98 Å². The molecule has 0 amide bonds.